The molecular formula is C21H23N3O6. The molecule has 3 rings (SSSR count). The maximum absolute atomic E-state index is 12.9. The fourth-order valence-electron chi connectivity index (χ4n) is 3.24. The number of ketones is 2. The lowest BCUT2D eigenvalue weighted by Crippen LogP contribution is -2.40. The Balaban J connectivity index is 1.65. The Morgan fingerprint density at radius 1 is 1.23 bits per heavy atom. The van der Waals surface area contributed by atoms with Gasteiger partial charge in [-0.15, -0.1) is 0 Å². The lowest BCUT2D eigenvalue weighted by Gasteiger charge is -2.21. The minimum atomic E-state index is -1.15. The number of aromatic nitrogens is 1. The topological polar surface area (TPSA) is 128 Å². The van der Waals surface area contributed by atoms with Gasteiger partial charge in [0, 0.05) is 18.9 Å². The molecule has 0 bridgehead atoms. The van der Waals surface area contributed by atoms with Crippen molar-refractivity contribution >= 4 is 23.6 Å². The minimum Gasteiger partial charge on any atom is -0.451 e. The van der Waals surface area contributed by atoms with E-state index < -0.39 is 35.5 Å². The van der Waals surface area contributed by atoms with Gasteiger partial charge in [0.2, 0.25) is 5.78 Å². The van der Waals surface area contributed by atoms with Crippen LogP contribution in [0.25, 0.3) is 0 Å². The number of amides is 2. The molecule has 1 saturated heterocycles. The summed E-state index contributed by atoms with van der Waals surface area (Å²) >= 11 is 0. The highest BCUT2D eigenvalue weighted by molar-refractivity contribution is 6.37. The lowest BCUT2D eigenvalue weighted by atomic mass is 9.88. The molecule has 1 aromatic heterocycles. The third kappa shape index (κ3) is 5.76. The van der Waals surface area contributed by atoms with E-state index in [1.54, 1.807) is 12.1 Å². The Morgan fingerprint density at radius 2 is 2.03 bits per heavy atom. The van der Waals surface area contributed by atoms with Crippen LogP contribution in [0.15, 0.2) is 47.4 Å². The number of ether oxygens (including phenoxy) is 1. The summed E-state index contributed by atoms with van der Waals surface area (Å²) in [6, 6.07) is 7.95. The van der Waals surface area contributed by atoms with Crippen molar-refractivity contribution in [2.24, 2.45) is 5.92 Å². The monoisotopic (exact) mass is 413 g/mol. The molecule has 0 spiro atoms. The van der Waals surface area contributed by atoms with Gasteiger partial charge in [-0.3, -0.25) is 14.4 Å². The van der Waals surface area contributed by atoms with E-state index in [4.69, 9.17) is 9.15 Å². The molecule has 1 aliphatic rings. The standard InChI is InChI=1S/C21H23N3O6/c25-17(10-15-8-4-5-9-22-20(27)19(15)26)18(16-12-29-13-23-16)24-21(28)30-11-14-6-2-1-3-7-14/h1-3,6-7,12-13,15,18H,4-5,8-11H2,(H,22,27)(H,24,28). The Bertz CT molecular complexity index is 881. The van der Waals surface area contributed by atoms with Crippen molar-refractivity contribution < 1.29 is 28.3 Å². The van der Waals surface area contributed by atoms with Gasteiger partial charge in [-0.25, -0.2) is 9.78 Å². The molecule has 158 valence electrons. The first-order valence-corrected chi connectivity index (χ1v) is 9.74. The van der Waals surface area contributed by atoms with Crippen molar-refractivity contribution in [3.05, 3.63) is 54.2 Å². The maximum Gasteiger partial charge on any atom is 0.408 e. The van der Waals surface area contributed by atoms with Crippen molar-refractivity contribution in [2.75, 3.05) is 6.54 Å². The normalized spacial score (nSPS) is 17.9. The van der Waals surface area contributed by atoms with Crippen molar-refractivity contribution in [1.29, 1.82) is 0 Å². The van der Waals surface area contributed by atoms with Crippen LogP contribution in [0.1, 0.15) is 43.0 Å². The van der Waals surface area contributed by atoms with E-state index in [1.165, 1.54) is 6.26 Å². The van der Waals surface area contributed by atoms with E-state index in [1.807, 2.05) is 18.2 Å². The second-order valence-corrected chi connectivity index (χ2v) is 7.04. The maximum atomic E-state index is 12.9. The zero-order valence-corrected chi connectivity index (χ0v) is 16.3. The molecule has 30 heavy (non-hydrogen) atoms. The second-order valence-electron chi connectivity index (χ2n) is 7.04. The molecule has 2 unspecified atom stereocenters. The minimum absolute atomic E-state index is 0.0354. The quantitative estimate of drug-likeness (QED) is 0.665. The largest absolute Gasteiger partial charge is 0.451 e. The zero-order chi connectivity index (χ0) is 21.3. The average molecular weight is 413 g/mol. The van der Waals surface area contributed by atoms with Crippen LogP contribution in [0.4, 0.5) is 4.79 Å². The molecular weight excluding hydrogens is 390 g/mol. The Morgan fingerprint density at radius 3 is 2.77 bits per heavy atom. The van der Waals surface area contributed by atoms with Crippen molar-refractivity contribution in [3.63, 3.8) is 0 Å². The van der Waals surface area contributed by atoms with Gasteiger partial charge in [0.25, 0.3) is 5.91 Å². The first-order valence-electron chi connectivity index (χ1n) is 9.74. The van der Waals surface area contributed by atoms with Crippen LogP contribution >= 0.6 is 0 Å². The van der Waals surface area contributed by atoms with Gasteiger partial charge in [-0.1, -0.05) is 36.8 Å². The number of oxazole rings is 1. The number of nitrogens with one attached hydrogen (secondary N) is 2. The summed E-state index contributed by atoms with van der Waals surface area (Å²) in [6.07, 6.45) is 3.27. The highest BCUT2D eigenvalue weighted by Crippen LogP contribution is 2.22. The van der Waals surface area contributed by atoms with Gasteiger partial charge in [-0.2, -0.15) is 0 Å². The number of hydrogen-bond acceptors (Lipinski definition) is 7. The molecule has 9 heteroatoms. The fourth-order valence-corrected chi connectivity index (χ4v) is 3.24. The van der Waals surface area contributed by atoms with E-state index in [9.17, 15) is 19.2 Å². The fraction of sp³-hybridized carbons (Fsp3) is 0.381. The van der Waals surface area contributed by atoms with Gasteiger partial charge in [0.1, 0.15) is 24.6 Å². The number of alkyl carbamates (subject to hydrolysis) is 1. The number of hydrogen-bond donors (Lipinski definition) is 2. The summed E-state index contributed by atoms with van der Waals surface area (Å²) in [7, 11) is 0. The molecule has 2 N–H and O–H groups in total. The van der Waals surface area contributed by atoms with Crippen LogP contribution in [-0.2, 0) is 25.7 Å². The summed E-state index contributed by atoms with van der Waals surface area (Å²) in [4.78, 5) is 53.3. The summed E-state index contributed by atoms with van der Waals surface area (Å²) in [5, 5.41) is 5.03. The van der Waals surface area contributed by atoms with Crippen molar-refractivity contribution in [1.82, 2.24) is 15.6 Å². The number of benzene rings is 1. The molecule has 9 nitrogen and oxygen atoms in total. The average Bonchev–Trinajstić information content (AvgIpc) is 3.28. The van der Waals surface area contributed by atoms with Crippen LogP contribution in [0, 0.1) is 5.92 Å². The van der Waals surface area contributed by atoms with Crippen LogP contribution in [0.2, 0.25) is 0 Å². The second kappa shape index (κ2) is 10.3. The first kappa shape index (κ1) is 21.2. The van der Waals surface area contributed by atoms with Crippen molar-refractivity contribution in [2.45, 2.75) is 38.3 Å². The van der Waals surface area contributed by atoms with E-state index in [0.717, 1.165) is 18.4 Å². The van der Waals surface area contributed by atoms with E-state index in [0.29, 0.717) is 19.4 Å². The third-order valence-corrected chi connectivity index (χ3v) is 4.85. The molecule has 2 heterocycles. The molecule has 2 aromatic rings. The number of rotatable bonds is 7. The number of carbonyl (C=O) groups excluding carboxylic acids is 4. The molecule has 0 radical (unpaired) electrons. The van der Waals surface area contributed by atoms with E-state index in [-0.39, 0.29) is 18.7 Å². The van der Waals surface area contributed by atoms with Crippen LogP contribution in [0.5, 0.6) is 0 Å². The summed E-state index contributed by atoms with van der Waals surface area (Å²) in [6.45, 7) is 0.481. The Kier molecular flexibility index (Phi) is 7.31. The van der Waals surface area contributed by atoms with Gasteiger partial charge in [0.15, 0.2) is 12.2 Å². The Hall–Kier alpha value is -3.49. The predicted octanol–water partition coefficient (Wildman–Crippen LogP) is 2.09. The van der Waals surface area contributed by atoms with Crippen LogP contribution < -0.4 is 10.6 Å². The number of nitrogens with zero attached hydrogens (tertiary/aromatic N) is 1. The SMILES string of the molecule is O=C(NC(C(=O)CC1CCCCNC(=O)C1=O)c1cocn1)OCc1ccccc1. The van der Waals surface area contributed by atoms with E-state index >= 15 is 0 Å². The van der Waals surface area contributed by atoms with Crippen LogP contribution in [-0.4, -0.2) is 35.1 Å². The molecule has 1 aliphatic heterocycles. The molecule has 2 amide bonds. The van der Waals surface area contributed by atoms with Crippen molar-refractivity contribution in [3.8, 4) is 0 Å². The first-order chi connectivity index (χ1) is 14.5. The number of carbonyl (C=O) groups is 4. The van der Waals surface area contributed by atoms with Crippen LogP contribution in [0.3, 0.4) is 0 Å². The molecule has 1 aromatic carbocycles. The summed E-state index contributed by atoms with van der Waals surface area (Å²) in [5.74, 6) is -2.49. The zero-order valence-electron chi connectivity index (χ0n) is 16.3. The van der Waals surface area contributed by atoms with Gasteiger partial charge in [0.05, 0.1) is 0 Å². The highest BCUT2D eigenvalue weighted by atomic mass is 16.5. The molecule has 2 atom stereocenters. The Labute approximate surface area is 173 Å². The van der Waals surface area contributed by atoms with Gasteiger partial charge in [-0.05, 0) is 18.4 Å². The molecule has 1 fully saturated rings. The molecule has 0 aliphatic carbocycles. The van der Waals surface area contributed by atoms with Gasteiger partial charge >= 0.3 is 6.09 Å². The highest BCUT2D eigenvalue weighted by Gasteiger charge is 2.33. The smallest absolute Gasteiger partial charge is 0.408 e. The summed E-state index contributed by atoms with van der Waals surface area (Å²) < 4.78 is 10.1. The molecule has 0 saturated carbocycles. The third-order valence-electron chi connectivity index (χ3n) is 4.85. The van der Waals surface area contributed by atoms with Gasteiger partial charge < -0.3 is 19.8 Å². The predicted molar refractivity (Wildman–Crippen MR) is 104 cm³/mol. The van der Waals surface area contributed by atoms with E-state index in [2.05, 4.69) is 15.6 Å². The summed E-state index contributed by atoms with van der Waals surface area (Å²) in [5.41, 5.74) is 0.988. The number of Topliss-reactive ketones (excluding diaryl/α,β-unsaturated/α-hetero) is 2. The lowest BCUT2D eigenvalue weighted by molar-refractivity contribution is -0.141.